The molecule has 3 rings (SSSR count). The Kier molecular flexibility index (Phi) is 8.69. The van der Waals surface area contributed by atoms with E-state index in [1.807, 2.05) is 9.80 Å². The van der Waals surface area contributed by atoms with E-state index in [4.69, 9.17) is 0 Å². The average Bonchev–Trinajstić information content (AvgIpc) is 3.16. The highest BCUT2D eigenvalue weighted by Gasteiger charge is 2.39. The van der Waals surface area contributed by atoms with Crippen molar-refractivity contribution in [2.45, 2.75) is 51.1 Å². The maximum atomic E-state index is 13.1. The molecule has 0 bridgehead atoms. The van der Waals surface area contributed by atoms with Gasteiger partial charge in [-0.25, -0.2) is 0 Å². The van der Waals surface area contributed by atoms with Crippen LogP contribution in [0.4, 0.5) is 0 Å². The molecule has 0 radical (unpaired) electrons. The second-order valence-corrected chi connectivity index (χ2v) is 8.33. The Morgan fingerprint density at radius 2 is 2.11 bits per heavy atom. The molecule has 0 aromatic carbocycles. The lowest BCUT2D eigenvalue weighted by molar-refractivity contribution is -0.146. The summed E-state index contributed by atoms with van der Waals surface area (Å²) in [4.78, 5) is 43.3. The third kappa shape index (κ3) is 5.29. The van der Waals surface area contributed by atoms with Crippen LogP contribution in [0.5, 0.6) is 0 Å². The first-order chi connectivity index (χ1) is 12.6. The van der Waals surface area contributed by atoms with Crippen LogP contribution in [0.1, 0.15) is 39.0 Å². The van der Waals surface area contributed by atoms with Gasteiger partial charge in [-0.2, -0.15) is 0 Å². The first kappa shape index (κ1) is 22.3. The molecule has 3 aliphatic rings. The number of carbonyl (C=O) groups is 3. The van der Waals surface area contributed by atoms with Crippen LogP contribution in [-0.4, -0.2) is 88.9 Å². The van der Waals surface area contributed by atoms with E-state index in [0.717, 1.165) is 38.8 Å². The van der Waals surface area contributed by atoms with Gasteiger partial charge < -0.3 is 20.0 Å². The number of likely N-dealkylation sites (tertiary alicyclic amines) is 1. The third-order valence-corrected chi connectivity index (χ3v) is 6.52. The number of thioether (sulfide) groups is 1. The quantitative estimate of drug-likeness (QED) is 0.718. The van der Waals surface area contributed by atoms with Crippen LogP contribution >= 0.6 is 24.2 Å². The van der Waals surface area contributed by atoms with Gasteiger partial charge in [-0.05, 0) is 19.3 Å². The fourth-order valence-electron chi connectivity index (χ4n) is 3.99. The molecule has 1 N–H and O–H groups in total. The highest BCUT2D eigenvalue weighted by molar-refractivity contribution is 7.99. The first-order valence-corrected chi connectivity index (χ1v) is 10.9. The minimum absolute atomic E-state index is 0. The summed E-state index contributed by atoms with van der Waals surface area (Å²) in [6, 6.07) is -0.220. The van der Waals surface area contributed by atoms with E-state index in [1.54, 1.807) is 16.7 Å². The summed E-state index contributed by atoms with van der Waals surface area (Å²) >= 11 is 1.66. The number of nitrogens with zero attached hydrogens (tertiary/aromatic N) is 3. The van der Waals surface area contributed by atoms with Gasteiger partial charge in [-0.1, -0.05) is 13.3 Å². The van der Waals surface area contributed by atoms with Crippen LogP contribution in [0, 0.1) is 0 Å². The van der Waals surface area contributed by atoms with Gasteiger partial charge in [-0.15, -0.1) is 24.2 Å². The predicted molar refractivity (Wildman–Crippen MR) is 109 cm³/mol. The van der Waals surface area contributed by atoms with Crippen molar-refractivity contribution < 1.29 is 14.4 Å². The third-order valence-electron chi connectivity index (χ3n) is 5.51. The van der Waals surface area contributed by atoms with Crippen LogP contribution in [-0.2, 0) is 14.4 Å². The molecule has 9 heteroatoms. The van der Waals surface area contributed by atoms with Gasteiger partial charge in [0.2, 0.25) is 17.7 Å². The Morgan fingerprint density at radius 1 is 1.30 bits per heavy atom. The van der Waals surface area contributed by atoms with Crippen molar-refractivity contribution in [1.29, 1.82) is 0 Å². The lowest BCUT2D eigenvalue weighted by Gasteiger charge is -2.42. The number of rotatable bonds is 5. The molecule has 154 valence electrons. The molecule has 3 heterocycles. The number of piperazine rings is 1. The van der Waals surface area contributed by atoms with Gasteiger partial charge >= 0.3 is 0 Å². The Hall–Kier alpha value is -0.990. The molecular formula is C18H31ClN4O3S. The van der Waals surface area contributed by atoms with E-state index in [-0.39, 0.29) is 42.2 Å². The van der Waals surface area contributed by atoms with E-state index in [2.05, 4.69) is 12.2 Å². The molecule has 3 amide bonds. The maximum Gasteiger partial charge on any atom is 0.246 e. The highest BCUT2D eigenvalue weighted by Crippen LogP contribution is 2.26. The lowest BCUT2D eigenvalue weighted by Crippen LogP contribution is -2.59. The van der Waals surface area contributed by atoms with Crippen molar-refractivity contribution in [2.24, 2.45) is 0 Å². The second-order valence-electron chi connectivity index (χ2n) is 7.33. The molecule has 0 aromatic rings. The van der Waals surface area contributed by atoms with Gasteiger partial charge in [0.1, 0.15) is 6.04 Å². The van der Waals surface area contributed by atoms with Crippen molar-refractivity contribution in [3.05, 3.63) is 0 Å². The molecule has 7 nitrogen and oxygen atoms in total. The number of nitrogens with one attached hydrogen (secondary N) is 1. The summed E-state index contributed by atoms with van der Waals surface area (Å²) in [7, 11) is 0. The molecule has 0 spiro atoms. The average molecular weight is 419 g/mol. The van der Waals surface area contributed by atoms with Gasteiger partial charge in [0.05, 0.1) is 12.4 Å². The monoisotopic (exact) mass is 418 g/mol. The Morgan fingerprint density at radius 3 is 2.85 bits per heavy atom. The molecular weight excluding hydrogens is 388 g/mol. The van der Waals surface area contributed by atoms with Crippen LogP contribution in [0.25, 0.3) is 0 Å². The smallest absolute Gasteiger partial charge is 0.246 e. The van der Waals surface area contributed by atoms with Crippen molar-refractivity contribution >= 4 is 41.9 Å². The number of halogens is 1. The minimum atomic E-state index is -0.332. The van der Waals surface area contributed by atoms with Crippen molar-refractivity contribution in [2.75, 3.05) is 44.4 Å². The van der Waals surface area contributed by atoms with Gasteiger partial charge in [0, 0.05) is 44.4 Å². The summed E-state index contributed by atoms with van der Waals surface area (Å²) in [5.74, 6) is 1.59. The predicted octanol–water partition coefficient (Wildman–Crippen LogP) is 0.923. The lowest BCUT2D eigenvalue weighted by atomic mass is 10.0. The SMILES string of the molecule is CCCCC(=O)N1CSCC1C(=O)N1CCCC(N2CCNCC2=O)C1.Cl. The second kappa shape index (κ2) is 10.5. The molecule has 3 saturated heterocycles. The number of unbranched alkanes of at least 4 members (excludes halogenated alkanes) is 1. The largest absolute Gasteiger partial charge is 0.339 e. The summed E-state index contributed by atoms with van der Waals surface area (Å²) in [5.41, 5.74) is 0. The fourth-order valence-corrected chi connectivity index (χ4v) is 5.16. The van der Waals surface area contributed by atoms with Gasteiger partial charge in [0.25, 0.3) is 0 Å². The van der Waals surface area contributed by atoms with Crippen LogP contribution < -0.4 is 5.32 Å². The van der Waals surface area contributed by atoms with E-state index >= 15 is 0 Å². The van der Waals surface area contributed by atoms with E-state index in [1.165, 1.54) is 0 Å². The topological polar surface area (TPSA) is 73.0 Å². The highest BCUT2D eigenvalue weighted by atomic mass is 35.5. The van der Waals surface area contributed by atoms with E-state index < -0.39 is 0 Å². The fraction of sp³-hybridized carbons (Fsp3) is 0.833. The molecule has 3 fully saturated rings. The summed E-state index contributed by atoms with van der Waals surface area (Å²) in [6.45, 7) is 5.32. The van der Waals surface area contributed by atoms with Crippen LogP contribution in [0.2, 0.25) is 0 Å². The minimum Gasteiger partial charge on any atom is -0.339 e. The molecule has 2 unspecified atom stereocenters. The summed E-state index contributed by atoms with van der Waals surface area (Å²) in [6.07, 6.45) is 4.25. The number of amides is 3. The van der Waals surface area contributed by atoms with Crippen molar-refractivity contribution in [1.82, 2.24) is 20.0 Å². The molecule has 27 heavy (non-hydrogen) atoms. The standard InChI is InChI=1S/C18H30N4O3S.ClH/c1-2-3-6-16(23)22-13-26-12-15(22)18(25)20-8-4-5-14(11-20)21-9-7-19-10-17(21)24;/h14-15,19H,2-13H2,1H3;1H. The van der Waals surface area contributed by atoms with Crippen LogP contribution in [0.3, 0.4) is 0 Å². The van der Waals surface area contributed by atoms with Crippen molar-refractivity contribution in [3.63, 3.8) is 0 Å². The van der Waals surface area contributed by atoms with Gasteiger partial charge in [-0.3, -0.25) is 14.4 Å². The number of hydrogen-bond donors (Lipinski definition) is 1. The Labute approximate surface area is 172 Å². The Balaban J connectivity index is 0.00000261. The molecule has 0 aliphatic carbocycles. The number of carbonyl (C=O) groups excluding carboxylic acids is 3. The van der Waals surface area contributed by atoms with Crippen molar-refractivity contribution in [3.8, 4) is 0 Å². The number of piperidine rings is 1. The van der Waals surface area contributed by atoms with E-state index in [0.29, 0.717) is 37.7 Å². The molecule has 2 atom stereocenters. The zero-order chi connectivity index (χ0) is 18.5. The molecule has 0 aromatic heterocycles. The summed E-state index contributed by atoms with van der Waals surface area (Å²) in [5, 5.41) is 3.10. The number of hydrogen-bond acceptors (Lipinski definition) is 5. The molecule has 0 saturated carbocycles. The summed E-state index contributed by atoms with van der Waals surface area (Å²) < 4.78 is 0. The Bertz CT molecular complexity index is 551. The first-order valence-electron chi connectivity index (χ1n) is 9.78. The zero-order valence-corrected chi connectivity index (χ0v) is 17.7. The normalized spacial score (nSPS) is 26.1. The van der Waals surface area contributed by atoms with E-state index in [9.17, 15) is 14.4 Å². The van der Waals surface area contributed by atoms with Gasteiger partial charge in [0.15, 0.2) is 0 Å². The maximum absolute atomic E-state index is 13.1. The van der Waals surface area contributed by atoms with Crippen LogP contribution in [0.15, 0.2) is 0 Å². The zero-order valence-electron chi connectivity index (χ0n) is 16.0. The molecule has 3 aliphatic heterocycles.